The molecule has 20 heavy (non-hydrogen) atoms. The van der Waals surface area contributed by atoms with Crippen LogP contribution < -0.4 is 5.73 Å². The highest BCUT2D eigenvalue weighted by atomic mass is 79.9. The molecule has 2 nitrogen and oxygen atoms in total. The van der Waals surface area contributed by atoms with Gasteiger partial charge in [0.05, 0.1) is 9.83 Å². The van der Waals surface area contributed by atoms with Crippen molar-refractivity contribution in [2.45, 2.75) is 12.6 Å². The van der Waals surface area contributed by atoms with E-state index in [9.17, 15) is 4.39 Å². The minimum atomic E-state index is -0.314. The van der Waals surface area contributed by atoms with E-state index in [2.05, 4.69) is 27.4 Å². The SMILES string of the molecule is CN(Cc1csc(Br)c1)C(CN)c1c(F)cccc1Cl. The van der Waals surface area contributed by atoms with Crippen molar-refractivity contribution in [3.8, 4) is 0 Å². The maximum absolute atomic E-state index is 14.0. The maximum atomic E-state index is 14.0. The molecule has 2 rings (SSSR count). The van der Waals surface area contributed by atoms with Gasteiger partial charge < -0.3 is 5.73 Å². The molecule has 0 aliphatic heterocycles. The number of hydrogen-bond acceptors (Lipinski definition) is 3. The van der Waals surface area contributed by atoms with Crippen LogP contribution in [-0.4, -0.2) is 18.5 Å². The van der Waals surface area contributed by atoms with Crippen molar-refractivity contribution in [1.29, 1.82) is 0 Å². The number of thiophene rings is 1. The van der Waals surface area contributed by atoms with E-state index < -0.39 is 0 Å². The minimum Gasteiger partial charge on any atom is -0.329 e. The van der Waals surface area contributed by atoms with Crippen LogP contribution >= 0.6 is 38.9 Å². The number of hydrogen-bond donors (Lipinski definition) is 1. The first-order valence-electron chi connectivity index (χ1n) is 6.10. The van der Waals surface area contributed by atoms with Crippen molar-refractivity contribution in [3.63, 3.8) is 0 Å². The van der Waals surface area contributed by atoms with Gasteiger partial charge in [0.1, 0.15) is 5.82 Å². The summed E-state index contributed by atoms with van der Waals surface area (Å²) in [7, 11) is 1.92. The fourth-order valence-corrected chi connectivity index (χ4v) is 3.66. The zero-order valence-corrected chi connectivity index (χ0v) is 14.1. The third kappa shape index (κ3) is 3.59. The molecule has 1 unspecified atom stereocenters. The Morgan fingerprint density at radius 1 is 1.50 bits per heavy atom. The largest absolute Gasteiger partial charge is 0.329 e. The van der Waals surface area contributed by atoms with Crippen molar-refractivity contribution in [3.05, 3.63) is 55.4 Å². The molecule has 0 spiro atoms. The third-order valence-electron chi connectivity index (χ3n) is 3.14. The van der Waals surface area contributed by atoms with Gasteiger partial charge in [-0.15, -0.1) is 11.3 Å². The molecule has 108 valence electrons. The Bertz CT molecular complexity index is 570. The number of likely N-dealkylation sites (N-methyl/N-ethyl adjacent to an activating group) is 1. The number of nitrogens with two attached hydrogens (primary N) is 1. The normalized spacial score (nSPS) is 12.9. The van der Waals surface area contributed by atoms with Crippen LogP contribution in [0.15, 0.2) is 33.4 Å². The molecule has 0 saturated heterocycles. The number of halogens is 3. The summed E-state index contributed by atoms with van der Waals surface area (Å²) < 4.78 is 15.1. The second kappa shape index (κ2) is 7.00. The lowest BCUT2D eigenvalue weighted by atomic mass is 10.0. The maximum Gasteiger partial charge on any atom is 0.129 e. The fraction of sp³-hybridized carbons (Fsp3) is 0.286. The van der Waals surface area contributed by atoms with E-state index in [-0.39, 0.29) is 11.9 Å². The summed E-state index contributed by atoms with van der Waals surface area (Å²) >= 11 is 11.2. The van der Waals surface area contributed by atoms with Gasteiger partial charge in [-0.2, -0.15) is 0 Å². The molecule has 0 aliphatic carbocycles. The van der Waals surface area contributed by atoms with Gasteiger partial charge in [-0.25, -0.2) is 4.39 Å². The molecule has 6 heteroatoms. The van der Waals surface area contributed by atoms with Gasteiger partial charge >= 0.3 is 0 Å². The molecule has 0 fully saturated rings. The van der Waals surface area contributed by atoms with Crippen LogP contribution in [0.5, 0.6) is 0 Å². The Morgan fingerprint density at radius 2 is 2.25 bits per heavy atom. The zero-order chi connectivity index (χ0) is 14.7. The molecule has 0 bridgehead atoms. The summed E-state index contributed by atoms with van der Waals surface area (Å²) in [4.78, 5) is 2.01. The van der Waals surface area contributed by atoms with Crippen LogP contribution in [0.25, 0.3) is 0 Å². The summed E-state index contributed by atoms with van der Waals surface area (Å²) in [5.74, 6) is -0.314. The molecule has 0 aliphatic rings. The molecule has 2 N–H and O–H groups in total. The standard InChI is InChI=1S/C14H15BrClFN2S/c1-19(7-9-5-13(15)20-8-9)12(6-18)14-10(16)3-2-4-11(14)17/h2-5,8,12H,6-7,18H2,1H3. The van der Waals surface area contributed by atoms with Gasteiger partial charge in [0, 0.05) is 23.7 Å². The predicted molar refractivity (Wildman–Crippen MR) is 86.7 cm³/mol. The molecule has 0 radical (unpaired) electrons. The van der Waals surface area contributed by atoms with Gasteiger partial charge in [-0.1, -0.05) is 17.7 Å². The van der Waals surface area contributed by atoms with Crippen LogP contribution in [0.4, 0.5) is 4.39 Å². The summed E-state index contributed by atoms with van der Waals surface area (Å²) in [5, 5.41) is 2.48. The van der Waals surface area contributed by atoms with Crippen LogP contribution in [0.2, 0.25) is 5.02 Å². The van der Waals surface area contributed by atoms with Crippen LogP contribution in [0.1, 0.15) is 17.2 Å². The van der Waals surface area contributed by atoms with E-state index >= 15 is 0 Å². The Balaban J connectivity index is 2.23. The van der Waals surface area contributed by atoms with Crippen LogP contribution in [0.3, 0.4) is 0 Å². The van der Waals surface area contributed by atoms with Gasteiger partial charge in [0.25, 0.3) is 0 Å². The summed E-state index contributed by atoms with van der Waals surface area (Å²) in [5.41, 5.74) is 7.46. The predicted octanol–water partition coefficient (Wildman–Crippen LogP) is 4.43. The van der Waals surface area contributed by atoms with E-state index in [0.717, 1.165) is 9.35 Å². The van der Waals surface area contributed by atoms with E-state index in [1.54, 1.807) is 23.5 Å². The highest BCUT2D eigenvalue weighted by molar-refractivity contribution is 9.11. The van der Waals surface area contributed by atoms with Gasteiger partial charge in [0.15, 0.2) is 0 Å². The molecule has 1 aromatic carbocycles. The van der Waals surface area contributed by atoms with Gasteiger partial charge in [-0.3, -0.25) is 4.90 Å². The number of nitrogens with zero attached hydrogens (tertiary/aromatic N) is 1. The summed E-state index contributed by atoms with van der Waals surface area (Å²) in [6, 6.07) is 6.52. The lowest BCUT2D eigenvalue weighted by molar-refractivity contribution is 0.237. The second-order valence-corrected chi connectivity index (χ2v) is 7.26. The zero-order valence-electron chi connectivity index (χ0n) is 10.9. The lowest BCUT2D eigenvalue weighted by Gasteiger charge is -2.28. The van der Waals surface area contributed by atoms with E-state index in [4.69, 9.17) is 17.3 Å². The highest BCUT2D eigenvalue weighted by Crippen LogP contribution is 2.30. The number of benzene rings is 1. The van der Waals surface area contributed by atoms with Gasteiger partial charge in [-0.05, 0) is 52.1 Å². The molecule has 0 amide bonds. The Morgan fingerprint density at radius 3 is 2.80 bits per heavy atom. The topological polar surface area (TPSA) is 29.3 Å². The molecule has 1 aromatic heterocycles. The summed E-state index contributed by atoms with van der Waals surface area (Å²) in [6.45, 7) is 0.997. The Kier molecular flexibility index (Phi) is 5.57. The highest BCUT2D eigenvalue weighted by Gasteiger charge is 2.22. The van der Waals surface area contributed by atoms with E-state index in [1.165, 1.54) is 6.07 Å². The fourth-order valence-electron chi connectivity index (χ4n) is 2.17. The molecule has 2 aromatic rings. The Labute approximate surface area is 135 Å². The second-order valence-electron chi connectivity index (χ2n) is 4.56. The molecule has 1 atom stereocenters. The van der Waals surface area contributed by atoms with E-state index in [0.29, 0.717) is 23.7 Å². The molecular weight excluding hydrogens is 363 g/mol. The van der Waals surface area contributed by atoms with Crippen molar-refractivity contribution in [1.82, 2.24) is 4.90 Å². The van der Waals surface area contributed by atoms with Crippen molar-refractivity contribution >= 4 is 38.9 Å². The first-order chi connectivity index (χ1) is 9.52. The summed E-state index contributed by atoms with van der Waals surface area (Å²) in [6.07, 6.45) is 0. The molecule has 1 heterocycles. The average molecular weight is 378 g/mol. The monoisotopic (exact) mass is 376 g/mol. The van der Waals surface area contributed by atoms with Crippen molar-refractivity contribution in [2.24, 2.45) is 5.73 Å². The van der Waals surface area contributed by atoms with Crippen LogP contribution in [-0.2, 0) is 6.54 Å². The molecule has 0 saturated carbocycles. The minimum absolute atomic E-state index is 0.248. The smallest absolute Gasteiger partial charge is 0.129 e. The first kappa shape index (κ1) is 15.9. The molecular formula is C14H15BrClFN2S. The first-order valence-corrected chi connectivity index (χ1v) is 8.15. The number of rotatable bonds is 5. The third-order valence-corrected chi connectivity index (χ3v) is 5.02. The van der Waals surface area contributed by atoms with Gasteiger partial charge in [0.2, 0.25) is 0 Å². The van der Waals surface area contributed by atoms with Crippen molar-refractivity contribution in [2.75, 3.05) is 13.6 Å². The lowest BCUT2D eigenvalue weighted by Crippen LogP contribution is -2.31. The van der Waals surface area contributed by atoms with E-state index in [1.807, 2.05) is 11.9 Å². The van der Waals surface area contributed by atoms with Crippen molar-refractivity contribution < 1.29 is 4.39 Å². The Hall–Kier alpha value is -0.460. The average Bonchev–Trinajstić information content (AvgIpc) is 2.79. The quantitative estimate of drug-likeness (QED) is 0.835. The van der Waals surface area contributed by atoms with Crippen LogP contribution in [0, 0.1) is 5.82 Å².